The van der Waals surface area contributed by atoms with Crippen LogP contribution in [0, 0.1) is 0 Å². The molecule has 1 heterocycles. The van der Waals surface area contributed by atoms with Crippen molar-refractivity contribution in [3.05, 3.63) is 30.6 Å². The summed E-state index contributed by atoms with van der Waals surface area (Å²) < 4.78 is 1.85. The van der Waals surface area contributed by atoms with Gasteiger partial charge in [0.1, 0.15) is 0 Å². The lowest BCUT2D eigenvalue weighted by Crippen LogP contribution is -2.30. The van der Waals surface area contributed by atoms with Gasteiger partial charge in [0.05, 0.1) is 6.20 Å². The third-order valence-electron chi connectivity index (χ3n) is 2.92. The van der Waals surface area contributed by atoms with E-state index in [-0.39, 0.29) is 0 Å². The lowest BCUT2D eigenvalue weighted by molar-refractivity contribution is 0.422. The fourth-order valence-corrected chi connectivity index (χ4v) is 1.84. The summed E-state index contributed by atoms with van der Waals surface area (Å²) in [6, 6.07) is 0.927. The number of nitrogens with zero attached hydrogens (tertiary/aromatic N) is 2. The van der Waals surface area contributed by atoms with Crippen molar-refractivity contribution in [1.82, 2.24) is 15.1 Å². The van der Waals surface area contributed by atoms with E-state index in [1.807, 2.05) is 24.0 Å². The van der Waals surface area contributed by atoms with Gasteiger partial charge in [0.15, 0.2) is 0 Å². The summed E-state index contributed by atoms with van der Waals surface area (Å²) in [5, 5.41) is 7.82. The van der Waals surface area contributed by atoms with Gasteiger partial charge < -0.3 is 5.32 Å². The van der Waals surface area contributed by atoms with Crippen LogP contribution in [0.3, 0.4) is 0 Å². The molecule has 0 saturated carbocycles. The van der Waals surface area contributed by atoms with E-state index in [1.54, 1.807) is 0 Å². The zero-order chi connectivity index (χ0) is 12.0. The topological polar surface area (TPSA) is 29.9 Å². The standard InChI is InChI=1S/C13H23N3/c1-5-7-8-13(6-2)15-11(3)12-9-14-16(4)10-12/h5,9-11,13,15H,1,6-8H2,2-4H3/t11-,13-/m0/s1. The first-order valence-electron chi connectivity index (χ1n) is 6.02. The molecule has 1 aromatic heterocycles. The molecule has 3 nitrogen and oxygen atoms in total. The monoisotopic (exact) mass is 221 g/mol. The van der Waals surface area contributed by atoms with Crippen LogP contribution in [0.15, 0.2) is 25.0 Å². The zero-order valence-electron chi connectivity index (χ0n) is 10.6. The molecule has 0 aromatic carbocycles. The van der Waals surface area contributed by atoms with Crippen molar-refractivity contribution in [2.45, 2.75) is 45.2 Å². The van der Waals surface area contributed by atoms with Crippen molar-refractivity contribution in [3.63, 3.8) is 0 Å². The largest absolute Gasteiger partial charge is 0.307 e. The van der Waals surface area contributed by atoms with Gasteiger partial charge in [-0.25, -0.2) is 0 Å². The normalized spacial score (nSPS) is 14.7. The highest BCUT2D eigenvalue weighted by molar-refractivity contribution is 5.09. The molecule has 1 rings (SSSR count). The molecule has 0 saturated heterocycles. The highest BCUT2D eigenvalue weighted by Crippen LogP contribution is 2.14. The molecule has 0 aliphatic heterocycles. The molecule has 1 aromatic rings. The Labute approximate surface area is 98.5 Å². The van der Waals surface area contributed by atoms with E-state index < -0.39 is 0 Å². The number of aromatic nitrogens is 2. The second-order valence-electron chi connectivity index (χ2n) is 4.31. The van der Waals surface area contributed by atoms with Crippen molar-refractivity contribution >= 4 is 0 Å². The van der Waals surface area contributed by atoms with Gasteiger partial charge in [-0.1, -0.05) is 13.0 Å². The fourth-order valence-electron chi connectivity index (χ4n) is 1.84. The molecule has 0 radical (unpaired) electrons. The highest BCUT2D eigenvalue weighted by atomic mass is 15.2. The molecule has 0 fully saturated rings. The third-order valence-corrected chi connectivity index (χ3v) is 2.92. The van der Waals surface area contributed by atoms with Crippen molar-refractivity contribution < 1.29 is 0 Å². The summed E-state index contributed by atoms with van der Waals surface area (Å²) in [6.45, 7) is 8.17. The van der Waals surface area contributed by atoms with Crippen molar-refractivity contribution in [2.75, 3.05) is 0 Å². The van der Waals surface area contributed by atoms with Crippen molar-refractivity contribution in [3.8, 4) is 0 Å². The minimum Gasteiger partial charge on any atom is -0.307 e. The van der Waals surface area contributed by atoms with E-state index in [0.717, 1.165) is 19.3 Å². The Bertz CT molecular complexity index is 317. The predicted molar refractivity (Wildman–Crippen MR) is 68.3 cm³/mol. The van der Waals surface area contributed by atoms with Crippen LogP contribution < -0.4 is 5.32 Å². The van der Waals surface area contributed by atoms with E-state index >= 15 is 0 Å². The second kappa shape index (κ2) is 6.48. The van der Waals surface area contributed by atoms with Crippen LogP contribution in [0.25, 0.3) is 0 Å². The van der Waals surface area contributed by atoms with E-state index in [2.05, 4.69) is 37.0 Å². The second-order valence-corrected chi connectivity index (χ2v) is 4.31. The lowest BCUT2D eigenvalue weighted by Gasteiger charge is -2.21. The molecule has 3 heteroatoms. The molecule has 0 unspecified atom stereocenters. The quantitative estimate of drug-likeness (QED) is 0.718. The Morgan fingerprint density at radius 1 is 1.62 bits per heavy atom. The number of rotatable bonds is 7. The Hall–Kier alpha value is -1.09. The summed E-state index contributed by atoms with van der Waals surface area (Å²) in [5.74, 6) is 0. The SMILES string of the molecule is C=CCC[C@H](CC)N[C@@H](C)c1cnn(C)c1. The molecule has 0 bridgehead atoms. The molecule has 16 heavy (non-hydrogen) atoms. The van der Waals surface area contributed by atoms with Crippen LogP contribution in [-0.2, 0) is 7.05 Å². The summed E-state index contributed by atoms with van der Waals surface area (Å²) in [7, 11) is 1.95. The molecule has 0 amide bonds. The van der Waals surface area contributed by atoms with E-state index in [4.69, 9.17) is 0 Å². The average Bonchev–Trinajstić information content (AvgIpc) is 2.70. The number of allylic oxidation sites excluding steroid dienone is 1. The number of aryl methyl sites for hydroxylation is 1. The predicted octanol–water partition coefficient (Wildman–Crippen LogP) is 2.82. The van der Waals surface area contributed by atoms with Gasteiger partial charge >= 0.3 is 0 Å². The molecule has 2 atom stereocenters. The van der Waals surface area contributed by atoms with Crippen LogP contribution in [0.1, 0.15) is 44.7 Å². The van der Waals surface area contributed by atoms with Gasteiger partial charge in [0, 0.05) is 30.9 Å². The third kappa shape index (κ3) is 3.81. The summed E-state index contributed by atoms with van der Waals surface area (Å²) in [5.41, 5.74) is 1.25. The number of hydrogen-bond donors (Lipinski definition) is 1. The van der Waals surface area contributed by atoms with E-state index in [1.165, 1.54) is 5.56 Å². The van der Waals surface area contributed by atoms with Gasteiger partial charge in [0.2, 0.25) is 0 Å². The molecule has 0 spiro atoms. The Kier molecular flexibility index (Phi) is 5.26. The summed E-state index contributed by atoms with van der Waals surface area (Å²) >= 11 is 0. The molecular formula is C13H23N3. The number of hydrogen-bond acceptors (Lipinski definition) is 2. The minimum absolute atomic E-state index is 0.364. The van der Waals surface area contributed by atoms with Crippen molar-refractivity contribution in [1.29, 1.82) is 0 Å². The first-order chi connectivity index (χ1) is 7.67. The van der Waals surface area contributed by atoms with E-state index in [9.17, 15) is 0 Å². The summed E-state index contributed by atoms with van der Waals surface area (Å²) in [4.78, 5) is 0. The first-order valence-corrected chi connectivity index (χ1v) is 6.02. The Balaban J connectivity index is 2.47. The summed E-state index contributed by atoms with van der Waals surface area (Å²) in [6.07, 6.45) is 9.36. The van der Waals surface area contributed by atoms with Gasteiger partial charge in [-0.3, -0.25) is 4.68 Å². The van der Waals surface area contributed by atoms with Gasteiger partial charge in [-0.15, -0.1) is 6.58 Å². The Morgan fingerprint density at radius 2 is 2.38 bits per heavy atom. The Morgan fingerprint density at radius 3 is 2.88 bits per heavy atom. The van der Waals surface area contributed by atoms with Gasteiger partial charge in [-0.2, -0.15) is 5.10 Å². The molecule has 0 aliphatic rings. The smallest absolute Gasteiger partial charge is 0.0537 e. The molecule has 0 aliphatic carbocycles. The molecule has 1 N–H and O–H groups in total. The van der Waals surface area contributed by atoms with E-state index in [0.29, 0.717) is 12.1 Å². The van der Waals surface area contributed by atoms with Crippen molar-refractivity contribution in [2.24, 2.45) is 7.05 Å². The van der Waals surface area contributed by atoms with Crippen LogP contribution in [0.2, 0.25) is 0 Å². The lowest BCUT2D eigenvalue weighted by atomic mass is 10.1. The molecular weight excluding hydrogens is 198 g/mol. The first kappa shape index (κ1) is 13.0. The maximum absolute atomic E-state index is 4.19. The highest BCUT2D eigenvalue weighted by Gasteiger charge is 2.12. The maximum Gasteiger partial charge on any atom is 0.0537 e. The average molecular weight is 221 g/mol. The zero-order valence-corrected chi connectivity index (χ0v) is 10.6. The van der Waals surface area contributed by atoms with Crippen LogP contribution >= 0.6 is 0 Å². The van der Waals surface area contributed by atoms with Gasteiger partial charge in [-0.05, 0) is 26.2 Å². The molecule has 90 valence electrons. The van der Waals surface area contributed by atoms with Crippen LogP contribution in [0.5, 0.6) is 0 Å². The maximum atomic E-state index is 4.19. The fraction of sp³-hybridized carbons (Fsp3) is 0.615. The van der Waals surface area contributed by atoms with Gasteiger partial charge in [0.25, 0.3) is 0 Å². The number of nitrogens with one attached hydrogen (secondary N) is 1. The minimum atomic E-state index is 0.364. The van der Waals surface area contributed by atoms with Crippen LogP contribution in [0.4, 0.5) is 0 Å². The van der Waals surface area contributed by atoms with Crippen LogP contribution in [-0.4, -0.2) is 15.8 Å².